The maximum absolute atomic E-state index is 11.3. The number of benzene rings is 1. The van der Waals surface area contributed by atoms with Crippen LogP contribution in [-0.4, -0.2) is 26.1 Å². The molecule has 0 unspecified atom stereocenters. The average molecular weight is 335 g/mol. The van der Waals surface area contributed by atoms with Crippen molar-refractivity contribution < 1.29 is 13.3 Å². The van der Waals surface area contributed by atoms with Crippen LogP contribution in [0.4, 0.5) is 11.4 Å². The minimum Gasteiger partial charge on any atom is -0.375 e. The van der Waals surface area contributed by atoms with Crippen molar-refractivity contribution >= 4 is 37.1 Å². The number of nitrogens with zero attached hydrogens (tertiary/aromatic N) is 1. The van der Waals surface area contributed by atoms with E-state index >= 15 is 0 Å². The zero-order valence-corrected chi connectivity index (χ0v) is 11.9. The molecule has 0 aliphatic heterocycles. The molecule has 0 radical (unpaired) electrons. The van der Waals surface area contributed by atoms with Gasteiger partial charge in [0.1, 0.15) is 5.69 Å². The molecule has 1 aromatic rings. The van der Waals surface area contributed by atoms with Crippen LogP contribution in [0, 0.1) is 10.1 Å². The summed E-state index contributed by atoms with van der Waals surface area (Å²) in [7, 11) is -3.47. The SMILES string of the molecule is C=C(Br)CNc1ccc(S(C)(=O)=O)cc1[N+](=O)[O-]. The van der Waals surface area contributed by atoms with E-state index in [4.69, 9.17) is 0 Å². The van der Waals surface area contributed by atoms with Crippen LogP contribution in [0.3, 0.4) is 0 Å². The van der Waals surface area contributed by atoms with Gasteiger partial charge < -0.3 is 5.32 Å². The molecule has 8 heteroatoms. The summed E-state index contributed by atoms with van der Waals surface area (Å²) < 4.78 is 23.3. The van der Waals surface area contributed by atoms with Crippen molar-refractivity contribution in [2.45, 2.75) is 4.90 Å². The summed E-state index contributed by atoms with van der Waals surface area (Å²) >= 11 is 3.12. The molecule has 0 fully saturated rings. The molecule has 0 saturated carbocycles. The minimum atomic E-state index is -3.47. The second-order valence-electron chi connectivity index (χ2n) is 3.58. The van der Waals surface area contributed by atoms with Crippen molar-refractivity contribution in [3.8, 4) is 0 Å². The molecule has 0 aromatic heterocycles. The quantitative estimate of drug-likeness (QED) is 0.659. The molecule has 0 bridgehead atoms. The highest BCUT2D eigenvalue weighted by molar-refractivity contribution is 9.11. The molecule has 1 N–H and O–H groups in total. The van der Waals surface area contributed by atoms with Gasteiger partial charge in [-0.1, -0.05) is 22.5 Å². The van der Waals surface area contributed by atoms with E-state index < -0.39 is 14.8 Å². The summed E-state index contributed by atoms with van der Waals surface area (Å²) in [6.45, 7) is 3.89. The zero-order chi connectivity index (χ0) is 13.9. The number of anilines is 1. The summed E-state index contributed by atoms with van der Waals surface area (Å²) in [4.78, 5) is 10.2. The van der Waals surface area contributed by atoms with Gasteiger partial charge in [0.05, 0.1) is 9.82 Å². The third kappa shape index (κ3) is 3.81. The van der Waals surface area contributed by atoms with Gasteiger partial charge in [-0.25, -0.2) is 8.42 Å². The summed E-state index contributed by atoms with van der Waals surface area (Å²) in [6.07, 6.45) is 0.999. The molecule has 0 spiro atoms. The molecule has 98 valence electrons. The lowest BCUT2D eigenvalue weighted by molar-refractivity contribution is -0.384. The lowest BCUT2D eigenvalue weighted by Gasteiger charge is -2.07. The first-order valence-corrected chi connectivity index (χ1v) is 7.46. The molecular weight excluding hydrogens is 324 g/mol. The molecule has 1 rings (SSSR count). The van der Waals surface area contributed by atoms with Crippen LogP contribution in [0.1, 0.15) is 0 Å². The van der Waals surface area contributed by atoms with Crippen LogP contribution in [0.25, 0.3) is 0 Å². The topological polar surface area (TPSA) is 89.3 Å². The van der Waals surface area contributed by atoms with E-state index in [0.29, 0.717) is 11.0 Å². The number of nitrogens with one attached hydrogen (secondary N) is 1. The molecule has 0 atom stereocenters. The van der Waals surface area contributed by atoms with Gasteiger partial charge in [0.25, 0.3) is 5.69 Å². The van der Waals surface area contributed by atoms with Crippen molar-refractivity contribution in [3.63, 3.8) is 0 Å². The van der Waals surface area contributed by atoms with E-state index in [1.165, 1.54) is 12.1 Å². The van der Waals surface area contributed by atoms with Crippen molar-refractivity contribution in [2.24, 2.45) is 0 Å². The van der Waals surface area contributed by atoms with Crippen LogP contribution in [0.5, 0.6) is 0 Å². The normalized spacial score (nSPS) is 11.0. The maximum atomic E-state index is 11.3. The fraction of sp³-hybridized carbons (Fsp3) is 0.200. The molecule has 0 heterocycles. The standard InChI is InChI=1S/C10H11BrN2O4S/c1-7(11)6-12-9-4-3-8(18(2,16)17)5-10(9)13(14)15/h3-5,12H,1,6H2,2H3. The van der Waals surface area contributed by atoms with Crippen LogP contribution >= 0.6 is 15.9 Å². The third-order valence-electron chi connectivity index (χ3n) is 2.06. The predicted octanol–water partition coefficient (Wildman–Crippen LogP) is 2.32. The fourth-order valence-corrected chi connectivity index (χ4v) is 2.01. The van der Waals surface area contributed by atoms with E-state index in [1.54, 1.807) is 0 Å². The largest absolute Gasteiger partial charge is 0.375 e. The Labute approximate surface area is 113 Å². The Hall–Kier alpha value is -1.41. The number of rotatable bonds is 5. The lowest BCUT2D eigenvalue weighted by Crippen LogP contribution is -2.05. The van der Waals surface area contributed by atoms with Gasteiger partial charge in [-0.2, -0.15) is 0 Å². The number of halogens is 1. The van der Waals surface area contributed by atoms with Crippen molar-refractivity contribution in [1.82, 2.24) is 0 Å². The number of nitro groups is 1. The molecule has 0 aliphatic rings. The summed E-state index contributed by atoms with van der Waals surface area (Å²) in [5, 5.41) is 13.7. The van der Waals surface area contributed by atoms with Gasteiger partial charge in [0.2, 0.25) is 0 Å². The van der Waals surface area contributed by atoms with E-state index in [-0.39, 0.29) is 16.3 Å². The number of nitro benzene ring substituents is 1. The highest BCUT2D eigenvalue weighted by Crippen LogP contribution is 2.27. The molecule has 1 aromatic carbocycles. The highest BCUT2D eigenvalue weighted by atomic mass is 79.9. The summed E-state index contributed by atoms with van der Waals surface area (Å²) in [5.74, 6) is 0. The Kier molecular flexibility index (Phi) is 4.47. The minimum absolute atomic E-state index is 0.0857. The smallest absolute Gasteiger partial charge is 0.293 e. The maximum Gasteiger partial charge on any atom is 0.293 e. The molecule has 6 nitrogen and oxygen atoms in total. The van der Waals surface area contributed by atoms with E-state index in [2.05, 4.69) is 27.8 Å². The second kappa shape index (κ2) is 5.49. The molecule has 0 aliphatic carbocycles. The predicted molar refractivity (Wildman–Crippen MR) is 72.8 cm³/mol. The number of hydrogen-bond acceptors (Lipinski definition) is 5. The van der Waals surface area contributed by atoms with Crippen molar-refractivity contribution in [1.29, 1.82) is 0 Å². The van der Waals surface area contributed by atoms with E-state index in [0.717, 1.165) is 12.3 Å². The van der Waals surface area contributed by atoms with Gasteiger partial charge in [0.15, 0.2) is 9.84 Å². The van der Waals surface area contributed by atoms with E-state index in [9.17, 15) is 18.5 Å². The first-order chi connectivity index (χ1) is 8.21. The number of hydrogen-bond donors (Lipinski definition) is 1. The monoisotopic (exact) mass is 334 g/mol. The van der Waals surface area contributed by atoms with Crippen LogP contribution in [0.2, 0.25) is 0 Å². The lowest BCUT2D eigenvalue weighted by atomic mass is 10.2. The molecule has 0 amide bonds. The Morgan fingerprint density at radius 2 is 2.17 bits per heavy atom. The van der Waals surface area contributed by atoms with E-state index in [1.807, 2.05) is 0 Å². The van der Waals surface area contributed by atoms with Gasteiger partial charge in [-0.15, -0.1) is 0 Å². The molecule has 0 saturated heterocycles. The first kappa shape index (κ1) is 14.7. The fourth-order valence-electron chi connectivity index (χ4n) is 1.23. The Morgan fingerprint density at radius 1 is 1.56 bits per heavy atom. The summed E-state index contributed by atoms with van der Waals surface area (Å²) in [6, 6.07) is 3.72. The van der Waals surface area contributed by atoms with Gasteiger partial charge >= 0.3 is 0 Å². The third-order valence-corrected chi connectivity index (χ3v) is 3.46. The number of sulfone groups is 1. The van der Waals surface area contributed by atoms with Crippen LogP contribution < -0.4 is 5.32 Å². The van der Waals surface area contributed by atoms with Gasteiger partial charge in [0, 0.05) is 23.3 Å². The Morgan fingerprint density at radius 3 is 2.61 bits per heavy atom. The molecule has 18 heavy (non-hydrogen) atoms. The average Bonchev–Trinajstić information content (AvgIpc) is 2.24. The van der Waals surface area contributed by atoms with Crippen molar-refractivity contribution in [2.75, 3.05) is 18.1 Å². The zero-order valence-electron chi connectivity index (χ0n) is 9.51. The van der Waals surface area contributed by atoms with Crippen LogP contribution in [0.15, 0.2) is 34.2 Å². The van der Waals surface area contributed by atoms with Gasteiger partial charge in [-0.05, 0) is 12.1 Å². The summed E-state index contributed by atoms with van der Waals surface area (Å²) in [5.41, 5.74) is -0.0420. The second-order valence-corrected chi connectivity index (χ2v) is 6.72. The molecular formula is C10H11BrN2O4S. The Bertz CT molecular complexity index is 598. The van der Waals surface area contributed by atoms with Gasteiger partial charge in [-0.3, -0.25) is 10.1 Å². The Balaban J connectivity index is 3.21. The van der Waals surface area contributed by atoms with Crippen molar-refractivity contribution in [3.05, 3.63) is 39.4 Å². The first-order valence-electron chi connectivity index (χ1n) is 4.77. The van der Waals surface area contributed by atoms with Crippen LogP contribution in [-0.2, 0) is 9.84 Å². The highest BCUT2D eigenvalue weighted by Gasteiger charge is 2.18.